The molecule has 0 spiro atoms. The Bertz CT molecular complexity index is 472. The standard InChI is InChI=1S/C14H19BClNO2/c1-13(2)14(3,4)19-15(18-13)7-5-12-9-11(10-16)6-8-17-12/h5-9H,10H2,1-4H3/b7-5+. The van der Waals surface area contributed by atoms with Gasteiger partial charge in [-0.15, -0.1) is 11.6 Å². The molecule has 0 aromatic carbocycles. The first-order valence-electron chi connectivity index (χ1n) is 6.39. The van der Waals surface area contributed by atoms with E-state index in [-0.39, 0.29) is 18.3 Å². The lowest BCUT2D eigenvalue weighted by Crippen LogP contribution is -2.41. The maximum Gasteiger partial charge on any atom is 0.487 e. The number of hydrogen-bond acceptors (Lipinski definition) is 3. The summed E-state index contributed by atoms with van der Waals surface area (Å²) in [7, 11) is -0.341. The second kappa shape index (κ2) is 5.27. The monoisotopic (exact) mass is 279 g/mol. The third-order valence-corrected chi connectivity index (χ3v) is 4.00. The molecule has 5 heteroatoms. The lowest BCUT2D eigenvalue weighted by atomic mass is 9.89. The van der Waals surface area contributed by atoms with Gasteiger partial charge in [0.15, 0.2) is 0 Å². The molecule has 0 bridgehead atoms. The second-order valence-corrected chi connectivity index (χ2v) is 5.97. The molecular formula is C14H19BClNO2. The fourth-order valence-corrected chi connectivity index (χ4v) is 1.98. The topological polar surface area (TPSA) is 31.4 Å². The van der Waals surface area contributed by atoms with Crippen molar-refractivity contribution < 1.29 is 9.31 Å². The first kappa shape index (κ1) is 14.6. The number of pyridine rings is 1. The summed E-state index contributed by atoms with van der Waals surface area (Å²) in [6, 6.07) is 3.86. The number of alkyl halides is 1. The maximum absolute atomic E-state index is 5.88. The maximum atomic E-state index is 5.88. The number of aromatic nitrogens is 1. The molecule has 1 fully saturated rings. The van der Waals surface area contributed by atoms with Gasteiger partial charge in [0.05, 0.1) is 16.9 Å². The van der Waals surface area contributed by atoms with Crippen molar-refractivity contribution in [2.45, 2.75) is 44.8 Å². The fourth-order valence-electron chi connectivity index (χ4n) is 1.81. The van der Waals surface area contributed by atoms with Crippen LogP contribution in [0.4, 0.5) is 0 Å². The van der Waals surface area contributed by atoms with Crippen molar-refractivity contribution in [3.8, 4) is 0 Å². The van der Waals surface area contributed by atoms with Crippen LogP contribution in [0.1, 0.15) is 39.0 Å². The minimum absolute atomic E-state index is 0.312. The van der Waals surface area contributed by atoms with Crippen LogP contribution in [0.25, 0.3) is 6.08 Å². The Labute approximate surface area is 120 Å². The summed E-state index contributed by atoms with van der Waals surface area (Å²) >= 11 is 5.80. The minimum Gasteiger partial charge on any atom is -0.400 e. The van der Waals surface area contributed by atoms with Crippen LogP contribution in [-0.4, -0.2) is 23.3 Å². The number of nitrogens with zero attached hydrogens (tertiary/aromatic N) is 1. The van der Waals surface area contributed by atoms with Gasteiger partial charge in [-0.1, -0.05) is 5.98 Å². The average Bonchev–Trinajstić information content (AvgIpc) is 2.56. The van der Waals surface area contributed by atoms with E-state index in [1.165, 1.54) is 0 Å². The molecule has 0 radical (unpaired) electrons. The summed E-state index contributed by atoms with van der Waals surface area (Å²) in [4.78, 5) is 4.26. The van der Waals surface area contributed by atoms with Crippen LogP contribution >= 0.6 is 11.6 Å². The Morgan fingerprint density at radius 1 is 1.26 bits per heavy atom. The highest BCUT2D eigenvalue weighted by molar-refractivity contribution is 6.52. The Balaban J connectivity index is 2.08. The van der Waals surface area contributed by atoms with E-state index >= 15 is 0 Å². The van der Waals surface area contributed by atoms with Crippen LogP contribution < -0.4 is 0 Å². The molecule has 1 saturated heterocycles. The molecular weight excluding hydrogens is 260 g/mol. The number of hydrogen-bond donors (Lipinski definition) is 0. The van der Waals surface area contributed by atoms with E-state index in [1.807, 2.05) is 51.9 Å². The van der Waals surface area contributed by atoms with E-state index in [0.717, 1.165) is 11.3 Å². The zero-order chi connectivity index (χ0) is 14.1. The van der Waals surface area contributed by atoms with Crippen molar-refractivity contribution in [2.24, 2.45) is 0 Å². The molecule has 2 heterocycles. The molecule has 1 aliphatic rings. The normalized spacial score (nSPS) is 21.2. The van der Waals surface area contributed by atoms with Crippen LogP contribution in [0, 0.1) is 0 Å². The first-order valence-corrected chi connectivity index (χ1v) is 6.92. The Hall–Kier alpha value is -0.835. The summed E-state index contributed by atoms with van der Waals surface area (Å²) in [5.41, 5.74) is 1.28. The van der Waals surface area contributed by atoms with Gasteiger partial charge in [-0.3, -0.25) is 4.98 Å². The van der Waals surface area contributed by atoms with Gasteiger partial charge in [-0.25, -0.2) is 0 Å². The fraction of sp³-hybridized carbons (Fsp3) is 0.500. The second-order valence-electron chi connectivity index (χ2n) is 5.71. The van der Waals surface area contributed by atoms with Crippen LogP contribution in [0.5, 0.6) is 0 Å². The summed E-state index contributed by atoms with van der Waals surface area (Å²) in [6.45, 7) is 8.14. The van der Waals surface area contributed by atoms with Crippen LogP contribution in [-0.2, 0) is 15.2 Å². The number of halogens is 1. The Kier molecular flexibility index (Phi) is 4.04. The summed E-state index contributed by atoms with van der Waals surface area (Å²) < 4.78 is 11.8. The van der Waals surface area contributed by atoms with Gasteiger partial charge < -0.3 is 9.31 Å². The molecule has 1 aliphatic heterocycles. The van der Waals surface area contributed by atoms with Gasteiger partial charge in [-0.2, -0.15) is 0 Å². The van der Waals surface area contributed by atoms with E-state index in [9.17, 15) is 0 Å². The van der Waals surface area contributed by atoms with Crippen molar-refractivity contribution in [3.63, 3.8) is 0 Å². The quantitative estimate of drug-likeness (QED) is 0.627. The highest BCUT2D eigenvalue weighted by Gasteiger charge is 2.49. The minimum atomic E-state index is -0.341. The molecule has 1 aromatic rings. The van der Waals surface area contributed by atoms with Gasteiger partial charge >= 0.3 is 7.12 Å². The van der Waals surface area contributed by atoms with Gasteiger partial charge in [0.25, 0.3) is 0 Å². The zero-order valence-corrected chi connectivity index (χ0v) is 12.6. The summed E-state index contributed by atoms with van der Waals surface area (Å²) in [5, 5.41) is 0. The molecule has 0 saturated carbocycles. The average molecular weight is 280 g/mol. The predicted octanol–water partition coefficient (Wildman–Crippen LogP) is 3.47. The van der Waals surface area contributed by atoms with E-state index in [1.54, 1.807) is 6.20 Å². The number of rotatable bonds is 3. The third-order valence-electron chi connectivity index (χ3n) is 3.70. The van der Waals surface area contributed by atoms with Crippen molar-refractivity contribution in [1.82, 2.24) is 4.98 Å². The van der Waals surface area contributed by atoms with E-state index in [0.29, 0.717) is 5.88 Å². The molecule has 19 heavy (non-hydrogen) atoms. The van der Waals surface area contributed by atoms with E-state index < -0.39 is 0 Å². The third kappa shape index (κ3) is 3.19. The van der Waals surface area contributed by atoms with Gasteiger partial charge in [-0.05, 0) is 51.5 Å². The highest BCUT2D eigenvalue weighted by atomic mass is 35.5. The summed E-state index contributed by atoms with van der Waals surface area (Å²) in [6.07, 6.45) is 3.65. The molecule has 0 unspecified atom stereocenters. The molecule has 3 nitrogen and oxygen atoms in total. The lowest BCUT2D eigenvalue weighted by molar-refractivity contribution is 0.00578. The largest absolute Gasteiger partial charge is 0.487 e. The van der Waals surface area contributed by atoms with Crippen molar-refractivity contribution in [1.29, 1.82) is 0 Å². The van der Waals surface area contributed by atoms with Crippen molar-refractivity contribution in [2.75, 3.05) is 0 Å². The smallest absolute Gasteiger partial charge is 0.400 e. The zero-order valence-electron chi connectivity index (χ0n) is 11.8. The molecule has 0 N–H and O–H groups in total. The lowest BCUT2D eigenvalue weighted by Gasteiger charge is -2.32. The van der Waals surface area contributed by atoms with Crippen LogP contribution in [0.3, 0.4) is 0 Å². The highest BCUT2D eigenvalue weighted by Crippen LogP contribution is 2.36. The molecule has 1 aromatic heterocycles. The van der Waals surface area contributed by atoms with Gasteiger partial charge in [0.1, 0.15) is 0 Å². The molecule has 102 valence electrons. The van der Waals surface area contributed by atoms with Gasteiger partial charge in [0.2, 0.25) is 0 Å². The van der Waals surface area contributed by atoms with Crippen LogP contribution in [0.15, 0.2) is 24.3 Å². The van der Waals surface area contributed by atoms with Crippen LogP contribution in [0.2, 0.25) is 0 Å². The van der Waals surface area contributed by atoms with Gasteiger partial charge in [0, 0.05) is 12.1 Å². The Morgan fingerprint density at radius 2 is 1.89 bits per heavy atom. The Morgan fingerprint density at radius 3 is 2.47 bits per heavy atom. The molecule has 2 rings (SSSR count). The molecule has 0 atom stereocenters. The van der Waals surface area contributed by atoms with E-state index in [2.05, 4.69) is 4.98 Å². The predicted molar refractivity (Wildman–Crippen MR) is 78.9 cm³/mol. The molecule has 0 amide bonds. The summed E-state index contributed by atoms with van der Waals surface area (Å²) in [5.74, 6) is 2.37. The van der Waals surface area contributed by atoms with E-state index in [4.69, 9.17) is 20.9 Å². The van der Waals surface area contributed by atoms with Crippen molar-refractivity contribution >= 4 is 24.8 Å². The molecule has 0 aliphatic carbocycles. The van der Waals surface area contributed by atoms with Crippen molar-refractivity contribution in [3.05, 3.63) is 35.6 Å². The SMILES string of the molecule is CC1(C)OB(/C=C/c2cc(CCl)ccn2)OC1(C)C. The first-order chi connectivity index (χ1) is 8.84.